The Labute approximate surface area is 101 Å². The molecule has 0 aromatic heterocycles. The van der Waals surface area contributed by atoms with Crippen LogP contribution in [0.15, 0.2) is 0 Å². The molecule has 0 aliphatic carbocycles. The molecule has 0 aliphatic rings. The molecule has 0 radical (unpaired) electrons. The van der Waals surface area contributed by atoms with Crippen LogP contribution in [-0.4, -0.2) is 37.6 Å². The minimum Gasteiger partial charge on any atom is -0.380 e. The zero-order valence-electron chi connectivity index (χ0n) is 10.4. The van der Waals surface area contributed by atoms with Crippen LogP contribution in [0.5, 0.6) is 0 Å². The molecule has 0 saturated carbocycles. The standard InChI is InChI=1S/C11H19N3O3/c1-4-17-7-9(8(2)3)14-11(16)10(15)13-6-5-12/h8-9H,4,6-7H2,1-3H3,(H,13,15)(H,14,16). The fourth-order valence-corrected chi connectivity index (χ4v) is 1.08. The summed E-state index contributed by atoms with van der Waals surface area (Å²) < 4.78 is 5.22. The number of carbonyl (C=O) groups excluding carboxylic acids is 2. The van der Waals surface area contributed by atoms with Crippen molar-refractivity contribution in [2.75, 3.05) is 19.8 Å². The molecule has 0 aliphatic heterocycles. The number of amides is 2. The number of ether oxygens (including phenoxy) is 1. The van der Waals surface area contributed by atoms with Crippen LogP contribution >= 0.6 is 0 Å². The molecule has 0 aromatic carbocycles. The van der Waals surface area contributed by atoms with Crippen molar-refractivity contribution in [2.45, 2.75) is 26.8 Å². The first-order valence-electron chi connectivity index (χ1n) is 5.56. The van der Waals surface area contributed by atoms with E-state index in [1.54, 1.807) is 6.07 Å². The third kappa shape index (κ3) is 6.53. The van der Waals surface area contributed by atoms with Crippen LogP contribution < -0.4 is 10.6 Å². The van der Waals surface area contributed by atoms with Crippen molar-refractivity contribution in [3.63, 3.8) is 0 Å². The van der Waals surface area contributed by atoms with Crippen LogP contribution in [0, 0.1) is 17.2 Å². The summed E-state index contributed by atoms with van der Waals surface area (Å²) in [7, 11) is 0. The Morgan fingerprint density at radius 1 is 1.35 bits per heavy atom. The van der Waals surface area contributed by atoms with E-state index in [-0.39, 0.29) is 18.5 Å². The van der Waals surface area contributed by atoms with Gasteiger partial charge in [-0.2, -0.15) is 5.26 Å². The lowest BCUT2D eigenvalue weighted by atomic mass is 10.1. The number of nitriles is 1. The summed E-state index contributed by atoms with van der Waals surface area (Å²) in [5.74, 6) is -1.37. The largest absolute Gasteiger partial charge is 0.380 e. The first-order valence-corrected chi connectivity index (χ1v) is 5.56. The maximum atomic E-state index is 11.4. The molecule has 6 heteroatoms. The number of hydrogen-bond donors (Lipinski definition) is 2. The molecule has 0 bridgehead atoms. The van der Waals surface area contributed by atoms with Gasteiger partial charge in [-0.15, -0.1) is 0 Å². The van der Waals surface area contributed by atoms with Crippen LogP contribution in [0.2, 0.25) is 0 Å². The van der Waals surface area contributed by atoms with Gasteiger partial charge in [0.1, 0.15) is 6.54 Å². The zero-order chi connectivity index (χ0) is 13.3. The van der Waals surface area contributed by atoms with Gasteiger partial charge in [0.05, 0.1) is 18.7 Å². The van der Waals surface area contributed by atoms with Crippen LogP contribution in [0.1, 0.15) is 20.8 Å². The molecule has 0 aromatic rings. The lowest BCUT2D eigenvalue weighted by molar-refractivity contribution is -0.139. The fourth-order valence-electron chi connectivity index (χ4n) is 1.08. The van der Waals surface area contributed by atoms with E-state index in [0.717, 1.165) is 0 Å². The number of hydrogen-bond acceptors (Lipinski definition) is 4. The molecule has 17 heavy (non-hydrogen) atoms. The van der Waals surface area contributed by atoms with Crippen molar-refractivity contribution in [3.05, 3.63) is 0 Å². The van der Waals surface area contributed by atoms with Crippen LogP contribution in [-0.2, 0) is 14.3 Å². The molecule has 0 saturated heterocycles. The molecule has 0 rings (SSSR count). The second kappa shape index (κ2) is 8.53. The highest BCUT2D eigenvalue weighted by Crippen LogP contribution is 2.02. The van der Waals surface area contributed by atoms with E-state index < -0.39 is 11.8 Å². The van der Waals surface area contributed by atoms with E-state index in [4.69, 9.17) is 10.00 Å². The van der Waals surface area contributed by atoms with Gasteiger partial charge in [-0.25, -0.2) is 0 Å². The van der Waals surface area contributed by atoms with Crippen molar-refractivity contribution in [1.82, 2.24) is 10.6 Å². The highest BCUT2D eigenvalue weighted by molar-refractivity contribution is 6.35. The average molecular weight is 241 g/mol. The zero-order valence-corrected chi connectivity index (χ0v) is 10.4. The van der Waals surface area contributed by atoms with E-state index in [1.165, 1.54) is 0 Å². The molecule has 2 N–H and O–H groups in total. The third-order valence-corrected chi connectivity index (χ3v) is 2.16. The number of rotatable bonds is 6. The second-order valence-electron chi connectivity index (χ2n) is 3.82. The van der Waals surface area contributed by atoms with Crippen LogP contribution in [0.25, 0.3) is 0 Å². The van der Waals surface area contributed by atoms with E-state index in [0.29, 0.717) is 13.2 Å². The summed E-state index contributed by atoms with van der Waals surface area (Å²) in [4.78, 5) is 22.7. The van der Waals surface area contributed by atoms with Crippen molar-refractivity contribution in [3.8, 4) is 6.07 Å². The number of nitrogens with zero attached hydrogens (tertiary/aromatic N) is 1. The van der Waals surface area contributed by atoms with Gasteiger partial charge in [-0.1, -0.05) is 13.8 Å². The molecule has 0 heterocycles. The fraction of sp³-hybridized carbons (Fsp3) is 0.727. The first-order chi connectivity index (χ1) is 8.02. The predicted octanol–water partition coefficient (Wildman–Crippen LogP) is -0.197. The summed E-state index contributed by atoms with van der Waals surface area (Å²) in [5, 5.41) is 13.0. The van der Waals surface area contributed by atoms with Crippen LogP contribution in [0.3, 0.4) is 0 Å². The van der Waals surface area contributed by atoms with Gasteiger partial charge in [0, 0.05) is 6.61 Å². The Balaban J connectivity index is 4.20. The topological polar surface area (TPSA) is 91.2 Å². The van der Waals surface area contributed by atoms with Crippen molar-refractivity contribution in [2.24, 2.45) is 5.92 Å². The Morgan fingerprint density at radius 3 is 2.47 bits per heavy atom. The summed E-state index contributed by atoms with van der Waals surface area (Å²) >= 11 is 0. The minimum atomic E-state index is -0.798. The van der Waals surface area contributed by atoms with Gasteiger partial charge in [-0.3, -0.25) is 9.59 Å². The molecule has 1 unspecified atom stereocenters. The van der Waals surface area contributed by atoms with E-state index in [1.807, 2.05) is 20.8 Å². The van der Waals surface area contributed by atoms with Crippen LogP contribution in [0.4, 0.5) is 0 Å². The molecule has 1 atom stereocenters. The Morgan fingerprint density at radius 2 is 2.00 bits per heavy atom. The summed E-state index contributed by atoms with van der Waals surface area (Å²) in [6.07, 6.45) is 0. The maximum Gasteiger partial charge on any atom is 0.310 e. The minimum absolute atomic E-state index is 0.161. The smallest absolute Gasteiger partial charge is 0.310 e. The van der Waals surface area contributed by atoms with Crippen molar-refractivity contribution in [1.29, 1.82) is 5.26 Å². The molecule has 0 fully saturated rings. The lowest BCUT2D eigenvalue weighted by Crippen LogP contribution is -2.48. The predicted molar refractivity (Wildman–Crippen MR) is 61.9 cm³/mol. The third-order valence-electron chi connectivity index (χ3n) is 2.16. The normalized spacial score (nSPS) is 11.7. The number of nitrogens with one attached hydrogen (secondary N) is 2. The molecular formula is C11H19N3O3. The Bertz CT molecular complexity index is 297. The highest BCUT2D eigenvalue weighted by atomic mass is 16.5. The summed E-state index contributed by atoms with van der Waals surface area (Å²) in [5.41, 5.74) is 0. The van der Waals surface area contributed by atoms with Gasteiger partial charge in [-0.05, 0) is 12.8 Å². The van der Waals surface area contributed by atoms with Gasteiger partial charge < -0.3 is 15.4 Å². The quantitative estimate of drug-likeness (QED) is 0.498. The maximum absolute atomic E-state index is 11.4. The van der Waals surface area contributed by atoms with Gasteiger partial charge in [0.25, 0.3) is 0 Å². The summed E-state index contributed by atoms with van der Waals surface area (Å²) in [6.45, 7) is 6.46. The van der Waals surface area contributed by atoms with Crippen molar-refractivity contribution >= 4 is 11.8 Å². The van der Waals surface area contributed by atoms with E-state index in [9.17, 15) is 9.59 Å². The first kappa shape index (κ1) is 15.4. The average Bonchev–Trinajstić information content (AvgIpc) is 2.30. The van der Waals surface area contributed by atoms with Gasteiger partial charge >= 0.3 is 11.8 Å². The Hall–Kier alpha value is -1.61. The van der Waals surface area contributed by atoms with Gasteiger partial charge in [0.2, 0.25) is 0 Å². The lowest BCUT2D eigenvalue weighted by Gasteiger charge is -2.21. The van der Waals surface area contributed by atoms with Gasteiger partial charge in [0.15, 0.2) is 0 Å². The summed E-state index contributed by atoms with van der Waals surface area (Å²) in [6, 6.07) is 1.51. The highest BCUT2D eigenvalue weighted by Gasteiger charge is 2.20. The monoisotopic (exact) mass is 241 g/mol. The van der Waals surface area contributed by atoms with E-state index >= 15 is 0 Å². The molecule has 6 nitrogen and oxygen atoms in total. The van der Waals surface area contributed by atoms with Crippen molar-refractivity contribution < 1.29 is 14.3 Å². The number of carbonyl (C=O) groups is 2. The molecule has 2 amide bonds. The molecular weight excluding hydrogens is 222 g/mol. The SMILES string of the molecule is CCOCC(NC(=O)C(=O)NCC#N)C(C)C. The Kier molecular flexibility index (Phi) is 7.72. The van der Waals surface area contributed by atoms with E-state index in [2.05, 4.69) is 10.6 Å². The molecule has 0 spiro atoms. The molecule has 96 valence electrons. The second-order valence-corrected chi connectivity index (χ2v) is 3.82.